The number of halogens is 3. The Balaban J connectivity index is 1.85. The Bertz CT molecular complexity index is 885. The van der Waals surface area contributed by atoms with Crippen molar-refractivity contribution in [3.63, 3.8) is 0 Å². The molecule has 0 aliphatic heterocycles. The summed E-state index contributed by atoms with van der Waals surface area (Å²) in [7, 11) is 0. The van der Waals surface area contributed by atoms with Crippen molar-refractivity contribution in [3.8, 4) is 5.75 Å². The minimum absolute atomic E-state index is 0.218. The molecule has 3 rings (SSSR count). The maximum absolute atomic E-state index is 13.0. The van der Waals surface area contributed by atoms with Crippen LogP contribution >= 0.6 is 23.2 Å². The lowest BCUT2D eigenvalue weighted by Crippen LogP contribution is -2.26. The van der Waals surface area contributed by atoms with Gasteiger partial charge in [-0.2, -0.15) is 0 Å². The first-order chi connectivity index (χ1) is 12.5. The van der Waals surface area contributed by atoms with Crippen molar-refractivity contribution in [3.05, 3.63) is 88.3 Å². The van der Waals surface area contributed by atoms with Crippen LogP contribution in [0.15, 0.2) is 66.9 Å². The molecule has 0 bridgehead atoms. The zero-order valence-electron chi connectivity index (χ0n) is 13.3. The number of nitrogens with zero attached hydrogens (tertiary/aromatic N) is 1. The lowest BCUT2D eigenvalue weighted by Gasteiger charge is -2.19. The number of anilines is 1. The van der Waals surface area contributed by atoms with E-state index in [0.717, 1.165) is 6.20 Å². The number of ether oxygens (including phenoxy) is 1. The summed E-state index contributed by atoms with van der Waals surface area (Å²) in [5.41, 5.74) is 0.601. The molecule has 132 valence electrons. The first-order valence-electron chi connectivity index (χ1n) is 7.61. The topological polar surface area (TPSA) is 51.2 Å². The highest BCUT2D eigenvalue weighted by Crippen LogP contribution is 2.26. The van der Waals surface area contributed by atoms with E-state index in [1.165, 1.54) is 12.1 Å². The number of pyridine rings is 1. The summed E-state index contributed by atoms with van der Waals surface area (Å²) >= 11 is 11.8. The van der Waals surface area contributed by atoms with Gasteiger partial charge in [-0.3, -0.25) is 4.79 Å². The van der Waals surface area contributed by atoms with E-state index in [1.807, 2.05) is 0 Å². The number of nitrogens with one attached hydrogen (secondary N) is 1. The molecule has 0 saturated heterocycles. The molecule has 2 aromatic carbocycles. The Morgan fingerprint density at radius 2 is 1.58 bits per heavy atom. The molecule has 26 heavy (non-hydrogen) atoms. The molecule has 3 aromatic rings. The molecule has 1 N–H and O–H groups in total. The van der Waals surface area contributed by atoms with Crippen LogP contribution < -0.4 is 10.1 Å². The Kier molecular flexibility index (Phi) is 5.71. The van der Waals surface area contributed by atoms with Crippen LogP contribution in [0.3, 0.4) is 0 Å². The Morgan fingerprint density at radius 3 is 2.15 bits per heavy atom. The van der Waals surface area contributed by atoms with Gasteiger partial charge in [0.05, 0.1) is 6.20 Å². The quantitative estimate of drug-likeness (QED) is 0.643. The van der Waals surface area contributed by atoms with Crippen LogP contribution in [0.25, 0.3) is 0 Å². The van der Waals surface area contributed by atoms with Gasteiger partial charge in [-0.1, -0.05) is 35.3 Å². The second-order valence-electron chi connectivity index (χ2n) is 5.35. The van der Waals surface area contributed by atoms with Crippen molar-refractivity contribution in [1.82, 2.24) is 4.98 Å². The molecule has 1 heterocycles. The predicted octanol–water partition coefficient (Wildman–Crippen LogP) is 5.29. The molecule has 0 fully saturated rings. The number of hydrogen-bond donors (Lipinski definition) is 1. The van der Waals surface area contributed by atoms with E-state index >= 15 is 0 Å². The molecule has 7 heteroatoms. The van der Waals surface area contributed by atoms with Gasteiger partial charge in [-0.05, 0) is 48.5 Å². The molecule has 0 aliphatic rings. The molecule has 1 atom stereocenters. The summed E-state index contributed by atoms with van der Waals surface area (Å²) in [6.45, 7) is 0. The van der Waals surface area contributed by atoms with Gasteiger partial charge in [-0.25, -0.2) is 9.37 Å². The van der Waals surface area contributed by atoms with Gasteiger partial charge in [-0.15, -0.1) is 0 Å². The van der Waals surface area contributed by atoms with Gasteiger partial charge in [0.2, 0.25) is 6.10 Å². The fraction of sp³-hybridized carbons (Fsp3) is 0.0526. The lowest BCUT2D eigenvalue weighted by molar-refractivity contribution is -0.123. The molecule has 0 aliphatic carbocycles. The van der Waals surface area contributed by atoms with Crippen molar-refractivity contribution in [2.24, 2.45) is 0 Å². The lowest BCUT2D eigenvalue weighted by atomic mass is 10.1. The molecule has 0 saturated carbocycles. The average Bonchev–Trinajstić information content (AvgIpc) is 2.64. The molecule has 0 spiro atoms. The van der Waals surface area contributed by atoms with Crippen LogP contribution in [-0.4, -0.2) is 10.9 Å². The third-order valence-corrected chi connectivity index (χ3v) is 3.96. The average molecular weight is 391 g/mol. The maximum atomic E-state index is 13.0. The zero-order chi connectivity index (χ0) is 18.5. The summed E-state index contributed by atoms with van der Waals surface area (Å²) < 4.78 is 18.8. The van der Waals surface area contributed by atoms with Gasteiger partial charge < -0.3 is 10.1 Å². The highest BCUT2D eigenvalue weighted by molar-refractivity contribution is 6.30. The first kappa shape index (κ1) is 18.2. The van der Waals surface area contributed by atoms with Crippen molar-refractivity contribution in [1.29, 1.82) is 0 Å². The number of carbonyl (C=O) groups is 1. The molecule has 4 nitrogen and oxygen atoms in total. The number of rotatable bonds is 5. The Labute approximate surface area is 159 Å². The molecule has 1 aromatic heterocycles. The van der Waals surface area contributed by atoms with Gasteiger partial charge in [0, 0.05) is 15.6 Å². The second kappa shape index (κ2) is 8.17. The summed E-state index contributed by atoms with van der Waals surface area (Å²) in [5, 5.41) is 3.71. The first-order valence-corrected chi connectivity index (χ1v) is 8.37. The van der Waals surface area contributed by atoms with Gasteiger partial charge >= 0.3 is 0 Å². The molecular formula is C19H13Cl2FN2O2. The standard InChI is InChI=1S/C19H13Cl2FN2O2/c20-13-3-1-12(2-4-13)18(26-16-8-5-14(21)6-9-16)19(25)24-17-10-7-15(22)11-23-17/h1-11,18H,(H,23,24,25). The van der Waals surface area contributed by atoms with Crippen LogP contribution in [0, 0.1) is 5.82 Å². The third-order valence-electron chi connectivity index (χ3n) is 3.46. The van der Waals surface area contributed by atoms with E-state index in [9.17, 15) is 9.18 Å². The highest BCUT2D eigenvalue weighted by Gasteiger charge is 2.23. The monoisotopic (exact) mass is 390 g/mol. The fourth-order valence-electron chi connectivity index (χ4n) is 2.20. The minimum Gasteiger partial charge on any atom is -0.476 e. The van der Waals surface area contributed by atoms with E-state index in [2.05, 4.69) is 10.3 Å². The SMILES string of the molecule is O=C(Nc1ccc(F)cn1)C(Oc1ccc(Cl)cc1)c1ccc(Cl)cc1. The number of amides is 1. The Hall–Kier alpha value is -2.63. The van der Waals surface area contributed by atoms with Crippen molar-refractivity contribution in [2.45, 2.75) is 6.10 Å². The third kappa shape index (κ3) is 4.71. The van der Waals surface area contributed by atoms with Crippen LogP contribution in [0.5, 0.6) is 5.75 Å². The second-order valence-corrected chi connectivity index (χ2v) is 6.23. The maximum Gasteiger partial charge on any atom is 0.271 e. The van der Waals surface area contributed by atoms with Gasteiger partial charge in [0.15, 0.2) is 0 Å². The number of hydrogen-bond acceptors (Lipinski definition) is 3. The normalized spacial score (nSPS) is 11.7. The van der Waals surface area contributed by atoms with Crippen molar-refractivity contribution < 1.29 is 13.9 Å². The van der Waals surface area contributed by atoms with Crippen molar-refractivity contribution in [2.75, 3.05) is 5.32 Å². The van der Waals surface area contributed by atoms with Crippen LogP contribution in [0.4, 0.5) is 10.2 Å². The number of benzene rings is 2. The molecular weight excluding hydrogens is 378 g/mol. The van der Waals surface area contributed by atoms with Crippen molar-refractivity contribution >= 4 is 34.9 Å². The summed E-state index contributed by atoms with van der Waals surface area (Å²) in [6, 6.07) is 15.9. The number of carbonyl (C=O) groups excluding carboxylic acids is 1. The number of aromatic nitrogens is 1. The fourth-order valence-corrected chi connectivity index (χ4v) is 2.45. The largest absolute Gasteiger partial charge is 0.476 e. The predicted molar refractivity (Wildman–Crippen MR) is 99.1 cm³/mol. The summed E-state index contributed by atoms with van der Waals surface area (Å²) in [6.07, 6.45) is 0.0627. The van der Waals surface area contributed by atoms with Crippen LogP contribution in [0.1, 0.15) is 11.7 Å². The molecule has 1 unspecified atom stereocenters. The van der Waals surface area contributed by atoms with E-state index < -0.39 is 17.8 Å². The van der Waals surface area contributed by atoms with Gasteiger partial charge in [0.1, 0.15) is 17.4 Å². The van der Waals surface area contributed by atoms with E-state index in [4.69, 9.17) is 27.9 Å². The molecule has 0 radical (unpaired) electrons. The highest BCUT2D eigenvalue weighted by atomic mass is 35.5. The summed E-state index contributed by atoms with van der Waals surface area (Å²) in [4.78, 5) is 16.6. The molecule has 1 amide bonds. The van der Waals surface area contributed by atoms with Crippen LogP contribution in [-0.2, 0) is 4.79 Å². The van der Waals surface area contributed by atoms with Crippen LogP contribution in [0.2, 0.25) is 10.0 Å². The van der Waals surface area contributed by atoms with E-state index in [1.54, 1.807) is 48.5 Å². The Morgan fingerprint density at radius 1 is 0.962 bits per heavy atom. The zero-order valence-corrected chi connectivity index (χ0v) is 14.8. The van der Waals surface area contributed by atoms with E-state index in [0.29, 0.717) is 21.4 Å². The van der Waals surface area contributed by atoms with E-state index in [-0.39, 0.29) is 5.82 Å². The smallest absolute Gasteiger partial charge is 0.271 e. The van der Waals surface area contributed by atoms with Gasteiger partial charge in [0.25, 0.3) is 5.91 Å². The minimum atomic E-state index is -0.958. The summed E-state index contributed by atoms with van der Waals surface area (Å²) in [5.74, 6) is -0.261.